The smallest absolute Gasteiger partial charge is 0.161 e. The fourth-order valence-corrected chi connectivity index (χ4v) is 4.46. The van der Waals surface area contributed by atoms with Gasteiger partial charge in [-0.05, 0) is 60.7 Å². The average molecular weight is 299 g/mol. The van der Waals surface area contributed by atoms with Gasteiger partial charge in [-0.25, -0.2) is 0 Å². The molecule has 1 aromatic rings. The van der Waals surface area contributed by atoms with Crippen molar-refractivity contribution in [2.75, 3.05) is 27.3 Å². The molecule has 1 spiro atoms. The lowest BCUT2D eigenvalue weighted by atomic mass is 9.83. The molecule has 0 radical (unpaired) electrons. The summed E-state index contributed by atoms with van der Waals surface area (Å²) in [6, 6.07) is 4.13. The van der Waals surface area contributed by atoms with E-state index in [1.807, 2.05) is 6.08 Å². The molecule has 4 nitrogen and oxygen atoms in total. The lowest BCUT2D eigenvalue weighted by Gasteiger charge is -2.35. The van der Waals surface area contributed by atoms with Crippen LogP contribution in [0.4, 0.5) is 0 Å². The molecule has 116 valence electrons. The number of hydrogen-bond donors (Lipinski definition) is 0. The lowest BCUT2D eigenvalue weighted by Crippen LogP contribution is -2.43. The molecule has 3 aliphatic rings. The molecule has 0 N–H and O–H groups in total. The minimum Gasteiger partial charge on any atom is -0.493 e. The highest BCUT2D eigenvalue weighted by Gasteiger charge is 2.50. The van der Waals surface area contributed by atoms with E-state index in [0.29, 0.717) is 6.42 Å². The highest BCUT2D eigenvalue weighted by Crippen LogP contribution is 2.51. The number of benzene rings is 1. The van der Waals surface area contributed by atoms with E-state index in [4.69, 9.17) is 9.47 Å². The molecule has 2 heterocycles. The Kier molecular flexibility index (Phi) is 3.05. The highest BCUT2D eigenvalue weighted by molar-refractivity contribution is 6.06. The molecule has 1 fully saturated rings. The number of fused-ring (bicyclic) bond motifs is 2. The minimum absolute atomic E-state index is 0.0675. The molecule has 0 bridgehead atoms. The molecule has 0 aromatic heterocycles. The van der Waals surface area contributed by atoms with E-state index in [1.165, 1.54) is 23.1 Å². The largest absolute Gasteiger partial charge is 0.493 e. The van der Waals surface area contributed by atoms with Crippen LogP contribution in [0.1, 0.15) is 30.4 Å². The normalized spacial score (nSPS) is 26.8. The Labute approximate surface area is 130 Å². The van der Waals surface area contributed by atoms with Crippen molar-refractivity contribution in [2.45, 2.75) is 31.2 Å². The van der Waals surface area contributed by atoms with Gasteiger partial charge in [0.1, 0.15) is 0 Å². The van der Waals surface area contributed by atoms with Crippen LogP contribution in [0.25, 0.3) is 5.57 Å². The van der Waals surface area contributed by atoms with Crippen LogP contribution in [-0.4, -0.2) is 43.5 Å². The monoisotopic (exact) mass is 299 g/mol. The Hall–Kier alpha value is -1.81. The zero-order valence-corrected chi connectivity index (χ0v) is 13.1. The van der Waals surface area contributed by atoms with E-state index >= 15 is 0 Å². The quantitative estimate of drug-likeness (QED) is 0.841. The predicted octanol–water partition coefficient (Wildman–Crippen LogP) is 2.45. The van der Waals surface area contributed by atoms with Gasteiger partial charge in [-0.15, -0.1) is 0 Å². The van der Waals surface area contributed by atoms with Crippen LogP contribution in [-0.2, 0) is 11.2 Å². The van der Waals surface area contributed by atoms with Crippen LogP contribution < -0.4 is 9.47 Å². The van der Waals surface area contributed by atoms with Crippen molar-refractivity contribution in [3.05, 3.63) is 29.3 Å². The number of hydrogen-bond acceptors (Lipinski definition) is 4. The van der Waals surface area contributed by atoms with Gasteiger partial charge in [0.2, 0.25) is 0 Å². The van der Waals surface area contributed by atoms with Crippen LogP contribution in [0.5, 0.6) is 11.5 Å². The van der Waals surface area contributed by atoms with Gasteiger partial charge in [-0.3, -0.25) is 9.69 Å². The zero-order chi connectivity index (χ0) is 15.3. The van der Waals surface area contributed by atoms with Crippen molar-refractivity contribution >= 4 is 11.4 Å². The van der Waals surface area contributed by atoms with Gasteiger partial charge in [-0.2, -0.15) is 0 Å². The van der Waals surface area contributed by atoms with Crippen LogP contribution in [0.15, 0.2) is 18.2 Å². The fourth-order valence-electron chi connectivity index (χ4n) is 4.46. The van der Waals surface area contributed by atoms with Crippen LogP contribution >= 0.6 is 0 Å². The standard InChI is InChI=1S/C18H21NO3/c1-21-16-8-12-4-7-19-6-3-5-18(19)11-13(20)9-15(18)14(12)10-17(16)22-2/h8-10H,3-7,11H2,1-2H3. The molecule has 1 unspecified atom stereocenters. The van der Waals surface area contributed by atoms with Crippen molar-refractivity contribution < 1.29 is 14.3 Å². The van der Waals surface area contributed by atoms with Gasteiger partial charge in [0.25, 0.3) is 0 Å². The van der Waals surface area contributed by atoms with Crippen LogP contribution in [0.3, 0.4) is 0 Å². The summed E-state index contributed by atoms with van der Waals surface area (Å²) in [6.45, 7) is 2.10. The number of ketones is 1. The zero-order valence-electron chi connectivity index (χ0n) is 13.1. The fraction of sp³-hybridized carbons (Fsp3) is 0.500. The molecule has 1 aromatic carbocycles. The van der Waals surface area contributed by atoms with Crippen molar-refractivity contribution in [3.8, 4) is 11.5 Å². The Morgan fingerprint density at radius 2 is 1.91 bits per heavy atom. The molecule has 22 heavy (non-hydrogen) atoms. The highest BCUT2D eigenvalue weighted by atomic mass is 16.5. The summed E-state index contributed by atoms with van der Waals surface area (Å²) in [7, 11) is 3.33. The predicted molar refractivity (Wildman–Crippen MR) is 84.4 cm³/mol. The molecular formula is C18H21NO3. The van der Waals surface area contributed by atoms with Crippen LogP contribution in [0, 0.1) is 0 Å². The number of nitrogens with zero attached hydrogens (tertiary/aromatic N) is 1. The van der Waals surface area contributed by atoms with Gasteiger partial charge in [-0.1, -0.05) is 0 Å². The Balaban J connectivity index is 1.92. The molecule has 1 atom stereocenters. The molecule has 4 heteroatoms. The summed E-state index contributed by atoms with van der Waals surface area (Å²) in [5.74, 6) is 1.76. The molecular weight excluding hydrogens is 278 g/mol. The third kappa shape index (κ3) is 1.76. The second-order valence-electron chi connectivity index (χ2n) is 6.44. The summed E-state index contributed by atoms with van der Waals surface area (Å²) in [6.07, 6.45) is 5.75. The minimum atomic E-state index is -0.0675. The summed E-state index contributed by atoms with van der Waals surface area (Å²) in [4.78, 5) is 14.7. The summed E-state index contributed by atoms with van der Waals surface area (Å²) < 4.78 is 10.9. The Morgan fingerprint density at radius 1 is 1.14 bits per heavy atom. The number of carbonyl (C=O) groups excluding carboxylic acids is 1. The van der Waals surface area contributed by atoms with Gasteiger partial charge >= 0.3 is 0 Å². The maximum atomic E-state index is 12.2. The van der Waals surface area contributed by atoms with Crippen molar-refractivity contribution in [2.24, 2.45) is 0 Å². The Bertz CT molecular complexity index is 679. The van der Waals surface area contributed by atoms with Gasteiger partial charge in [0, 0.05) is 13.0 Å². The summed E-state index contributed by atoms with van der Waals surface area (Å²) in [5, 5.41) is 0. The van der Waals surface area contributed by atoms with Gasteiger partial charge in [0.05, 0.1) is 19.8 Å². The van der Waals surface area contributed by atoms with E-state index in [2.05, 4.69) is 17.0 Å². The molecule has 4 rings (SSSR count). The van der Waals surface area contributed by atoms with Crippen LogP contribution in [0.2, 0.25) is 0 Å². The van der Waals surface area contributed by atoms with Crippen molar-refractivity contribution in [1.82, 2.24) is 4.90 Å². The summed E-state index contributed by atoms with van der Waals surface area (Å²) >= 11 is 0. The molecule has 2 aliphatic heterocycles. The molecule has 1 aliphatic carbocycles. The maximum Gasteiger partial charge on any atom is 0.161 e. The SMILES string of the molecule is COc1cc2c(cc1OC)C1=CC(=O)CC13CCCN3CC2. The van der Waals surface area contributed by atoms with E-state index in [-0.39, 0.29) is 11.3 Å². The first-order valence-electron chi connectivity index (χ1n) is 7.93. The van der Waals surface area contributed by atoms with Crippen molar-refractivity contribution in [1.29, 1.82) is 0 Å². The van der Waals surface area contributed by atoms with E-state index in [9.17, 15) is 4.79 Å². The molecule has 1 saturated heterocycles. The second kappa shape index (κ2) is 4.85. The van der Waals surface area contributed by atoms with Gasteiger partial charge < -0.3 is 9.47 Å². The molecule has 0 saturated carbocycles. The first kappa shape index (κ1) is 13.8. The average Bonchev–Trinajstić information content (AvgIpc) is 3.05. The van der Waals surface area contributed by atoms with E-state index < -0.39 is 0 Å². The second-order valence-corrected chi connectivity index (χ2v) is 6.44. The van der Waals surface area contributed by atoms with E-state index in [0.717, 1.165) is 37.4 Å². The molecule has 0 amide bonds. The first-order valence-corrected chi connectivity index (χ1v) is 7.93. The van der Waals surface area contributed by atoms with Gasteiger partial charge in [0.15, 0.2) is 17.3 Å². The third-order valence-electron chi connectivity index (χ3n) is 5.45. The number of ether oxygens (including phenoxy) is 2. The maximum absolute atomic E-state index is 12.2. The third-order valence-corrected chi connectivity index (χ3v) is 5.45. The summed E-state index contributed by atoms with van der Waals surface area (Å²) in [5.41, 5.74) is 3.56. The lowest BCUT2D eigenvalue weighted by molar-refractivity contribution is -0.115. The Morgan fingerprint density at radius 3 is 2.68 bits per heavy atom. The van der Waals surface area contributed by atoms with E-state index in [1.54, 1.807) is 14.2 Å². The number of rotatable bonds is 2. The first-order chi connectivity index (χ1) is 10.7. The number of allylic oxidation sites excluding steroid dienone is 1. The van der Waals surface area contributed by atoms with Crippen molar-refractivity contribution in [3.63, 3.8) is 0 Å². The number of carbonyl (C=O) groups is 1. The number of methoxy groups -OCH3 is 2. The topological polar surface area (TPSA) is 38.8 Å².